The highest BCUT2D eigenvalue weighted by molar-refractivity contribution is 6.34. The van der Waals surface area contributed by atoms with Gasteiger partial charge in [-0.25, -0.2) is 0 Å². The summed E-state index contributed by atoms with van der Waals surface area (Å²) in [6.07, 6.45) is 0.312. The molecule has 24 heavy (non-hydrogen) atoms. The Morgan fingerprint density at radius 1 is 1.17 bits per heavy atom. The third-order valence-corrected chi connectivity index (χ3v) is 4.74. The summed E-state index contributed by atoms with van der Waals surface area (Å²) in [4.78, 5) is 30.2. The molecule has 0 spiro atoms. The molecular formula is C18H26ClN3O2. The quantitative estimate of drug-likeness (QED) is 0.837. The SMILES string of the molecule is CC(=O)N(CCC(=O)N1CCN(C)CC1)c1c(C)cc(C)cc1Cl. The maximum atomic E-state index is 12.4. The van der Waals surface area contributed by atoms with Gasteiger partial charge in [0.1, 0.15) is 0 Å². The molecular weight excluding hydrogens is 326 g/mol. The zero-order valence-corrected chi connectivity index (χ0v) is 15.7. The summed E-state index contributed by atoms with van der Waals surface area (Å²) in [5.74, 6) is -0.00901. The van der Waals surface area contributed by atoms with Gasteiger partial charge in [0.2, 0.25) is 11.8 Å². The van der Waals surface area contributed by atoms with E-state index in [0.717, 1.165) is 37.3 Å². The Bertz CT molecular complexity index is 602. The first-order valence-electron chi connectivity index (χ1n) is 8.30. The smallest absolute Gasteiger partial charge is 0.224 e. The Hall–Kier alpha value is -1.59. The summed E-state index contributed by atoms with van der Waals surface area (Å²) < 4.78 is 0. The van der Waals surface area contributed by atoms with Crippen LogP contribution in [0.5, 0.6) is 0 Å². The van der Waals surface area contributed by atoms with Crippen LogP contribution >= 0.6 is 11.6 Å². The fourth-order valence-electron chi connectivity index (χ4n) is 3.10. The number of hydrogen-bond acceptors (Lipinski definition) is 3. The molecule has 6 heteroatoms. The Labute approximate surface area is 149 Å². The molecule has 0 aromatic heterocycles. The number of halogens is 1. The highest BCUT2D eigenvalue weighted by Crippen LogP contribution is 2.31. The average Bonchev–Trinajstić information content (AvgIpc) is 2.49. The van der Waals surface area contributed by atoms with Gasteiger partial charge in [-0.05, 0) is 38.1 Å². The largest absolute Gasteiger partial charge is 0.340 e. The van der Waals surface area contributed by atoms with Crippen molar-refractivity contribution >= 4 is 29.1 Å². The highest BCUT2D eigenvalue weighted by Gasteiger charge is 2.22. The van der Waals surface area contributed by atoms with Gasteiger partial charge in [0, 0.05) is 46.1 Å². The summed E-state index contributed by atoms with van der Waals surface area (Å²) >= 11 is 6.36. The van der Waals surface area contributed by atoms with Gasteiger partial charge in [-0.15, -0.1) is 0 Å². The number of nitrogens with zero attached hydrogens (tertiary/aromatic N) is 3. The van der Waals surface area contributed by atoms with Crippen LogP contribution in [0, 0.1) is 13.8 Å². The predicted octanol–water partition coefficient (Wildman–Crippen LogP) is 2.47. The summed E-state index contributed by atoms with van der Waals surface area (Å²) in [5.41, 5.74) is 2.71. The Kier molecular flexibility index (Phi) is 6.24. The van der Waals surface area contributed by atoms with Crippen molar-refractivity contribution in [2.24, 2.45) is 0 Å². The molecule has 0 atom stereocenters. The molecule has 132 valence electrons. The van der Waals surface area contributed by atoms with Crippen molar-refractivity contribution in [1.82, 2.24) is 9.80 Å². The number of carbonyl (C=O) groups is 2. The lowest BCUT2D eigenvalue weighted by atomic mass is 10.1. The minimum atomic E-state index is -0.102. The zero-order chi connectivity index (χ0) is 17.9. The zero-order valence-electron chi connectivity index (χ0n) is 14.9. The Morgan fingerprint density at radius 3 is 2.33 bits per heavy atom. The van der Waals surface area contributed by atoms with Gasteiger partial charge < -0.3 is 14.7 Å². The lowest BCUT2D eigenvalue weighted by Crippen LogP contribution is -2.48. The second-order valence-electron chi connectivity index (χ2n) is 6.52. The van der Waals surface area contributed by atoms with Crippen molar-refractivity contribution in [3.05, 3.63) is 28.3 Å². The molecule has 0 unspecified atom stereocenters. The maximum Gasteiger partial charge on any atom is 0.224 e. The first kappa shape index (κ1) is 18.7. The van der Waals surface area contributed by atoms with Crippen molar-refractivity contribution in [3.8, 4) is 0 Å². The van der Waals surface area contributed by atoms with E-state index in [1.54, 1.807) is 4.90 Å². The minimum absolute atomic E-state index is 0.0928. The van der Waals surface area contributed by atoms with Crippen LogP contribution in [0.15, 0.2) is 12.1 Å². The first-order valence-corrected chi connectivity index (χ1v) is 8.68. The van der Waals surface area contributed by atoms with E-state index in [0.29, 0.717) is 23.7 Å². The molecule has 0 saturated carbocycles. The molecule has 1 aromatic carbocycles. The van der Waals surface area contributed by atoms with E-state index in [-0.39, 0.29) is 11.8 Å². The van der Waals surface area contributed by atoms with E-state index in [1.807, 2.05) is 30.9 Å². The third kappa shape index (κ3) is 4.48. The summed E-state index contributed by atoms with van der Waals surface area (Å²) in [6.45, 7) is 9.06. The van der Waals surface area contributed by atoms with E-state index in [4.69, 9.17) is 11.6 Å². The molecule has 0 radical (unpaired) electrons. The van der Waals surface area contributed by atoms with Gasteiger partial charge in [-0.2, -0.15) is 0 Å². The number of piperazine rings is 1. The summed E-state index contributed by atoms with van der Waals surface area (Å²) in [5, 5.41) is 0.551. The molecule has 1 heterocycles. The van der Waals surface area contributed by atoms with Gasteiger partial charge in [0.05, 0.1) is 10.7 Å². The Balaban J connectivity index is 2.07. The number of rotatable bonds is 4. The van der Waals surface area contributed by atoms with Gasteiger partial charge in [-0.1, -0.05) is 17.7 Å². The van der Waals surface area contributed by atoms with E-state index < -0.39 is 0 Å². The second kappa shape index (κ2) is 7.99. The van der Waals surface area contributed by atoms with Crippen LogP contribution in [0.1, 0.15) is 24.5 Å². The molecule has 1 fully saturated rings. The van der Waals surface area contributed by atoms with Gasteiger partial charge in [-0.3, -0.25) is 9.59 Å². The fourth-order valence-corrected chi connectivity index (χ4v) is 3.52. The van der Waals surface area contributed by atoms with Gasteiger partial charge in [0.25, 0.3) is 0 Å². The van der Waals surface area contributed by atoms with Crippen molar-refractivity contribution in [3.63, 3.8) is 0 Å². The second-order valence-corrected chi connectivity index (χ2v) is 6.92. The third-order valence-electron chi connectivity index (χ3n) is 4.45. The fraction of sp³-hybridized carbons (Fsp3) is 0.556. The number of likely N-dealkylation sites (N-methyl/N-ethyl adjacent to an activating group) is 1. The van der Waals surface area contributed by atoms with Crippen LogP contribution in [-0.4, -0.2) is 61.4 Å². The molecule has 1 aliphatic heterocycles. The topological polar surface area (TPSA) is 43.9 Å². The molecule has 1 aliphatic rings. The van der Waals surface area contributed by atoms with Crippen molar-refractivity contribution < 1.29 is 9.59 Å². The maximum absolute atomic E-state index is 12.4. The normalized spacial score (nSPS) is 15.5. The van der Waals surface area contributed by atoms with Crippen LogP contribution in [-0.2, 0) is 9.59 Å². The number of amides is 2. The lowest BCUT2D eigenvalue weighted by Gasteiger charge is -2.33. The lowest BCUT2D eigenvalue weighted by molar-refractivity contribution is -0.132. The number of anilines is 1. The van der Waals surface area contributed by atoms with Crippen LogP contribution < -0.4 is 4.90 Å². The summed E-state index contributed by atoms with van der Waals surface area (Å²) in [6, 6.07) is 3.85. The standard InChI is InChI=1S/C18H26ClN3O2/c1-13-11-14(2)18(16(19)12-13)22(15(3)23)6-5-17(24)21-9-7-20(4)8-10-21/h11-12H,5-10H2,1-4H3. The average molecular weight is 352 g/mol. The van der Waals surface area contributed by atoms with Gasteiger partial charge in [0.15, 0.2) is 0 Å². The number of aryl methyl sites for hydroxylation is 2. The summed E-state index contributed by atoms with van der Waals surface area (Å²) in [7, 11) is 2.06. The van der Waals surface area contributed by atoms with E-state index >= 15 is 0 Å². The molecule has 2 amide bonds. The number of carbonyl (C=O) groups excluding carboxylic acids is 2. The van der Waals surface area contributed by atoms with Crippen LogP contribution in [0.3, 0.4) is 0 Å². The van der Waals surface area contributed by atoms with E-state index in [2.05, 4.69) is 11.9 Å². The molecule has 2 rings (SSSR count). The monoisotopic (exact) mass is 351 g/mol. The Morgan fingerprint density at radius 2 is 1.79 bits per heavy atom. The van der Waals surface area contributed by atoms with Crippen molar-refractivity contribution in [1.29, 1.82) is 0 Å². The minimum Gasteiger partial charge on any atom is -0.340 e. The highest BCUT2D eigenvalue weighted by atomic mass is 35.5. The van der Waals surface area contributed by atoms with E-state index in [1.165, 1.54) is 6.92 Å². The van der Waals surface area contributed by atoms with Crippen LogP contribution in [0.2, 0.25) is 5.02 Å². The van der Waals surface area contributed by atoms with Crippen LogP contribution in [0.4, 0.5) is 5.69 Å². The molecule has 1 aromatic rings. The molecule has 0 bridgehead atoms. The van der Waals surface area contributed by atoms with E-state index in [9.17, 15) is 9.59 Å². The molecule has 0 N–H and O–H groups in total. The molecule has 0 aliphatic carbocycles. The van der Waals surface area contributed by atoms with Crippen molar-refractivity contribution in [2.75, 3.05) is 44.7 Å². The first-order chi connectivity index (χ1) is 11.3. The molecule has 5 nitrogen and oxygen atoms in total. The van der Waals surface area contributed by atoms with Gasteiger partial charge >= 0.3 is 0 Å². The number of hydrogen-bond donors (Lipinski definition) is 0. The molecule has 1 saturated heterocycles. The number of benzene rings is 1. The van der Waals surface area contributed by atoms with Crippen LogP contribution in [0.25, 0.3) is 0 Å². The van der Waals surface area contributed by atoms with Crippen molar-refractivity contribution in [2.45, 2.75) is 27.2 Å². The predicted molar refractivity (Wildman–Crippen MR) is 97.6 cm³/mol.